The van der Waals surface area contributed by atoms with Gasteiger partial charge in [0.05, 0.1) is 31.0 Å². The summed E-state index contributed by atoms with van der Waals surface area (Å²) in [5.41, 5.74) is 6.84. The van der Waals surface area contributed by atoms with Crippen molar-refractivity contribution in [3.63, 3.8) is 0 Å². The lowest BCUT2D eigenvalue weighted by molar-refractivity contribution is 0.0726. The maximum absolute atomic E-state index is 13.9. The Morgan fingerprint density at radius 2 is 1.71 bits per heavy atom. The quantitative estimate of drug-likeness (QED) is 0.319. The van der Waals surface area contributed by atoms with E-state index < -0.39 is 0 Å². The highest BCUT2D eigenvalue weighted by molar-refractivity contribution is 5.98. The van der Waals surface area contributed by atoms with Gasteiger partial charge < -0.3 is 14.4 Å². The van der Waals surface area contributed by atoms with E-state index >= 15 is 0 Å². The molecule has 0 N–H and O–H groups in total. The van der Waals surface area contributed by atoms with Crippen molar-refractivity contribution in [2.45, 2.75) is 39.3 Å². The summed E-state index contributed by atoms with van der Waals surface area (Å²) >= 11 is 0. The lowest BCUT2D eigenvalue weighted by Gasteiger charge is -2.25. The number of pyridine rings is 1. The van der Waals surface area contributed by atoms with Crippen molar-refractivity contribution >= 4 is 16.8 Å². The molecule has 0 saturated heterocycles. The summed E-state index contributed by atoms with van der Waals surface area (Å²) in [6, 6.07) is 22.6. The molecular weight excluding hydrogens is 436 g/mol. The monoisotopic (exact) mass is 466 g/mol. The Bertz CT molecular complexity index is 1410. The van der Waals surface area contributed by atoms with Crippen LogP contribution >= 0.6 is 0 Å². The van der Waals surface area contributed by atoms with E-state index in [-0.39, 0.29) is 11.9 Å². The highest BCUT2D eigenvalue weighted by Crippen LogP contribution is 2.37. The molecule has 178 valence electrons. The Balaban J connectivity index is 1.61. The molecule has 0 spiro atoms. The summed E-state index contributed by atoms with van der Waals surface area (Å²) in [7, 11) is 3.16. The van der Waals surface area contributed by atoms with Crippen molar-refractivity contribution in [1.29, 1.82) is 0 Å². The van der Waals surface area contributed by atoms with Crippen LogP contribution in [-0.4, -0.2) is 36.1 Å². The van der Waals surface area contributed by atoms with Crippen LogP contribution in [0.15, 0.2) is 66.7 Å². The fourth-order valence-electron chi connectivity index (χ4n) is 4.63. The van der Waals surface area contributed by atoms with Gasteiger partial charge in [-0.05, 0) is 68.1 Å². The smallest absolute Gasteiger partial charge is 0.258 e. The number of benzene rings is 3. The normalized spacial score (nSPS) is 13.0. The van der Waals surface area contributed by atoms with Crippen molar-refractivity contribution < 1.29 is 14.3 Å². The van der Waals surface area contributed by atoms with Gasteiger partial charge >= 0.3 is 0 Å². The molecule has 0 radical (unpaired) electrons. The highest BCUT2D eigenvalue weighted by Gasteiger charge is 2.35. The summed E-state index contributed by atoms with van der Waals surface area (Å²) in [4.78, 5) is 20.9. The number of aryl methyl sites for hydroxylation is 2. The van der Waals surface area contributed by atoms with Crippen LogP contribution in [0.4, 0.5) is 0 Å². The van der Waals surface area contributed by atoms with Gasteiger partial charge in [-0.25, -0.2) is 4.98 Å². The van der Waals surface area contributed by atoms with Crippen molar-refractivity contribution in [1.82, 2.24) is 9.88 Å². The van der Waals surface area contributed by atoms with Crippen molar-refractivity contribution in [3.8, 4) is 22.8 Å². The summed E-state index contributed by atoms with van der Waals surface area (Å²) in [5, 5.41) is 1.07. The predicted octanol–water partition coefficient (Wildman–Crippen LogP) is 6.34. The zero-order chi connectivity index (χ0) is 24.5. The molecule has 0 atom stereocenters. The van der Waals surface area contributed by atoms with Crippen molar-refractivity contribution in [2.24, 2.45) is 0 Å². The molecule has 1 fully saturated rings. The van der Waals surface area contributed by atoms with E-state index in [0.717, 1.165) is 40.6 Å². The van der Waals surface area contributed by atoms with E-state index in [1.54, 1.807) is 14.2 Å². The number of fused-ring (bicyclic) bond motifs is 1. The fraction of sp³-hybridized carbons (Fsp3) is 0.267. The van der Waals surface area contributed by atoms with Gasteiger partial charge in [-0.15, -0.1) is 0 Å². The Morgan fingerprint density at radius 3 is 2.43 bits per heavy atom. The molecule has 5 nitrogen and oxygen atoms in total. The van der Waals surface area contributed by atoms with Gasteiger partial charge in [-0.2, -0.15) is 0 Å². The molecule has 0 bridgehead atoms. The van der Waals surface area contributed by atoms with Crippen LogP contribution in [0.5, 0.6) is 11.5 Å². The topological polar surface area (TPSA) is 51.7 Å². The highest BCUT2D eigenvalue weighted by atomic mass is 16.5. The average molecular weight is 467 g/mol. The van der Waals surface area contributed by atoms with Gasteiger partial charge in [0.2, 0.25) is 0 Å². The number of carbonyl (C=O) groups is 1. The Kier molecular flexibility index (Phi) is 6.16. The van der Waals surface area contributed by atoms with Gasteiger partial charge in [-0.1, -0.05) is 42.0 Å². The average Bonchev–Trinajstić information content (AvgIpc) is 3.71. The second-order valence-electron chi connectivity index (χ2n) is 9.27. The third-order valence-corrected chi connectivity index (χ3v) is 6.57. The van der Waals surface area contributed by atoms with Crippen LogP contribution in [0.1, 0.15) is 39.9 Å². The number of nitrogens with zero attached hydrogens (tertiary/aromatic N) is 2. The zero-order valence-electron chi connectivity index (χ0n) is 20.7. The Hall–Kier alpha value is -3.86. The maximum atomic E-state index is 13.9. The number of hydrogen-bond acceptors (Lipinski definition) is 4. The molecule has 1 aromatic heterocycles. The molecule has 3 aromatic carbocycles. The molecule has 0 unspecified atom stereocenters. The van der Waals surface area contributed by atoms with E-state index in [1.807, 2.05) is 23.1 Å². The Labute approximate surface area is 206 Å². The minimum absolute atomic E-state index is 0.0533. The molecule has 1 amide bonds. The first-order chi connectivity index (χ1) is 17.0. The third-order valence-electron chi connectivity index (χ3n) is 6.57. The number of rotatable bonds is 7. The molecule has 1 aliphatic rings. The van der Waals surface area contributed by atoms with Crippen LogP contribution in [0.2, 0.25) is 0 Å². The van der Waals surface area contributed by atoms with E-state index in [2.05, 4.69) is 62.4 Å². The molecule has 4 aromatic rings. The summed E-state index contributed by atoms with van der Waals surface area (Å²) < 4.78 is 11.0. The van der Waals surface area contributed by atoms with Crippen LogP contribution in [0.25, 0.3) is 22.2 Å². The van der Waals surface area contributed by atoms with Crippen molar-refractivity contribution in [3.05, 3.63) is 89.0 Å². The summed E-state index contributed by atoms with van der Waals surface area (Å²) in [5.74, 6) is 0.969. The lowest BCUT2D eigenvalue weighted by Crippen LogP contribution is -2.33. The molecule has 1 aliphatic carbocycles. The fourth-order valence-corrected chi connectivity index (χ4v) is 4.63. The van der Waals surface area contributed by atoms with Crippen molar-refractivity contribution in [2.75, 3.05) is 14.2 Å². The third kappa shape index (κ3) is 4.59. The predicted molar refractivity (Wildman–Crippen MR) is 139 cm³/mol. The Morgan fingerprint density at radius 1 is 0.943 bits per heavy atom. The SMILES string of the molecule is COc1cccc(C(=O)N(Cc2cc3ccc(C)cc3nc2-c2cccc(C)c2)C2CC2)c1OC. The van der Waals surface area contributed by atoms with Gasteiger partial charge in [0.1, 0.15) is 0 Å². The molecule has 5 heteroatoms. The minimum atomic E-state index is -0.0533. The minimum Gasteiger partial charge on any atom is -0.493 e. The zero-order valence-corrected chi connectivity index (χ0v) is 20.7. The standard InChI is InChI=1S/C30H30N2O3/c1-19-7-5-8-22(15-19)28-23(17-21-12-11-20(2)16-26(21)31-28)18-32(24-13-14-24)30(33)25-9-6-10-27(34-3)29(25)35-4/h5-12,15-17,24H,13-14,18H2,1-4H3. The van der Waals surface area contributed by atoms with Gasteiger partial charge in [0.15, 0.2) is 11.5 Å². The van der Waals surface area contributed by atoms with E-state index in [9.17, 15) is 4.79 Å². The van der Waals surface area contributed by atoms with Gasteiger partial charge in [-0.3, -0.25) is 4.79 Å². The number of ether oxygens (including phenoxy) is 2. The summed E-state index contributed by atoms with van der Waals surface area (Å²) in [6.45, 7) is 4.64. The van der Waals surface area contributed by atoms with Gasteiger partial charge in [0.25, 0.3) is 5.91 Å². The molecule has 0 aliphatic heterocycles. The van der Waals surface area contributed by atoms with Crippen LogP contribution < -0.4 is 9.47 Å². The second-order valence-corrected chi connectivity index (χ2v) is 9.27. The van der Waals surface area contributed by atoms with E-state index in [0.29, 0.717) is 23.6 Å². The van der Waals surface area contributed by atoms with Crippen LogP contribution in [0.3, 0.4) is 0 Å². The molecule has 1 saturated carbocycles. The van der Waals surface area contributed by atoms with E-state index in [4.69, 9.17) is 14.5 Å². The first kappa shape index (κ1) is 22.9. The van der Waals surface area contributed by atoms with Gasteiger partial charge in [0, 0.05) is 23.5 Å². The van der Waals surface area contributed by atoms with E-state index in [1.165, 1.54) is 11.1 Å². The molecular formula is C30H30N2O3. The largest absolute Gasteiger partial charge is 0.493 e. The van der Waals surface area contributed by atoms with Crippen LogP contribution in [-0.2, 0) is 6.54 Å². The first-order valence-electron chi connectivity index (χ1n) is 12.0. The number of methoxy groups -OCH3 is 2. The molecule has 35 heavy (non-hydrogen) atoms. The lowest BCUT2D eigenvalue weighted by atomic mass is 10.0. The van der Waals surface area contributed by atoms with Crippen LogP contribution in [0, 0.1) is 13.8 Å². The maximum Gasteiger partial charge on any atom is 0.258 e. The number of hydrogen-bond donors (Lipinski definition) is 0. The second kappa shape index (κ2) is 9.41. The number of aromatic nitrogens is 1. The molecule has 5 rings (SSSR count). The molecule has 1 heterocycles. The summed E-state index contributed by atoms with van der Waals surface area (Å²) in [6.07, 6.45) is 2.00. The first-order valence-corrected chi connectivity index (χ1v) is 12.0. The number of amides is 1. The number of carbonyl (C=O) groups excluding carboxylic acids is 1. The number of para-hydroxylation sites is 1.